The molecule has 0 amide bonds. The molecule has 1 aromatic carbocycles. The van der Waals surface area contributed by atoms with E-state index in [4.69, 9.17) is 17.4 Å². The first-order chi connectivity index (χ1) is 8.22. The number of hydrogen-bond acceptors (Lipinski definition) is 3. The van der Waals surface area contributed by atoms with Gasteiger partial charge in [-0.15, -0.1) is 0 Å². The van der Waals surface area contributed by atoms with Gasteiger partial charge in [0.15, 0.2) is 0 Å². The van der Waals surface area contributed by atoms with Crippen molar-refractivity contribution in [2.75, 3.05) is 0 Å². The van der Waals surface area contributed by atoms with Crippen molar-refractivity contribution in [2.45, 2.75) is 12.5 Å². The number of benzene rings is 1. The lowest BCUT2D eigenvalue weighted by Gasteiger charge is -2.15. The molecule has 0 aliphatic heterocycles. The molecule has 2 aromatic rings. The quantitative estimate of drug-likeness (QED) is 0.661. The molecule has 17 heavy (non-hydrogen) atoms. The maximum atomic E-state index is 13.3. The van der Waals surface area contributed by atoms with E-state index in [1.54, 1.807) is 17.4 Å². The molecule has 0 radical (unpaired) electrons. The van der Waals surface area contributed by atoms with E-state index in [0.29, 0.717) is 6.42 Å². The fourth-order valence-corrected chi connectivity index (χ4v) is 2.59. The highest BCUT2D eigenvalue weighted by Crippen LogP contribution is 2.26. The molecule has 1 unspecified atom stereocenters. The second-order valence-electron chi connectivity index (χ2n) is 3.69. The predicted molar refractivity (Wildman–Crippen MR) is 69.5 cm³/mol. The van der Waals surface area contributed by atoms with Gasteiger partial charge < -0.3 is 0 Å². The smallest absolute Gasteiger partial charge is 0.142 e. The van der Waals surface area contributed by atoms with Crippen molar-refractivity contribution in [3.63, 3.8) is 0 Å². The lowest BCUT2D eigenvalue weighted by atomic mass is 10.0. The van der Waals surface area contributed by atoms with Crippen LogP contribution < -0.4 is 11.3 Å². The summed E-state index contributed by atoms with van der Waals surface area (Å²) in [6.45, 7) is 0. The Balaban J connectivity index is 2.22. The first kappa shape index (κ1) is 12.5. The number of rotatable bonds is 4. The fourth-order valence-electron chi connectivity index (χ4n) is 1.67. The van der Waals surface area contributed by atoms with E-state index in [1.165, 1.54) is 6.07 Å². The van der Waals surface area contributed by atoms with Gasteiger partial charge in [-0.05, 0) is 40.4 Å². The van der Waals surface area contributed by atoms with Crippen LogP contribution in [-0.2, 0) is 6.42 Å². The van der Waals surface area contributed by atoms with Crippen LogP contribution in [0.4, 0.5) is 4.39 Å². The highest BCUT2D eigenvalue weighted by Gasteiger charge is 2.14. The average Bonchev–Trinajstić information content (AvgIpc) is 2.85. The van der Waals surface area contributed by atoms with Crippen molar-refractivity contribution in [2.24, 2.45) is 5.84 Å². The fraction of sp³-hybridized carbons (Fsp3) is 0.167. The third kappa shape index (κ3) is 2.84. The molecule has 0 fully saturated rings. The van der Waals surface area contributed by atoms with E-state index >= 15 is 0 Å². The van der Waals surface area contributed by atoms with E-state index in [2.05, 4.69) is 5.43 Å². The Hall–Kier alpha value is -0.940. The first-order valence-corrected chi connectivity index (χ1v) is 6.45. The van der Waals surface area contributed by atoms with Gasteiger partial charge in [0.1, 0.15) is 5.82 Å². The summed E-state index contributed by atoms with van der Waals surface area (Å²) in [6.07, 6.45) is 0.559. The number of nitrogens with one attached hydrogen (secondary N) is 1. The molecule has 1 heterocycles. The summed E-state index contributed by atoms with van der Waals surface area (Å²) in [5, 5.41) is 4.16. The van der Waals surface area contributed by atoms with Crippen LogP contribution in [0.15, 0.2) is 35.0 Å². The number of hydrogen-bond donors (Lipinski definition) is 2. The highest BCUT2D eigenvalue weighted by atomic mass is 35.5. The first-order valence-electron chi connectivity index (χ1n) is 5.13. The van der Waals surface area contributed by atoms with Gasteiger partial charge in [0.25, 0.3) is 0 Å². The van der Waals surface area contributed by atoms with E-state index in [9.17, 15) is 4.39 Å². The molecule has 0 saturated carbocycles. The van der Waals surface area contributed by atoms with Gasteiger partial charge >= 0.3 is 0 Å². The van der Waals surface area contributed by atoms with Crippen LogP contribution in [0.25, 0.3) is 0 Å². The topological polar surface area (TPSA) is 38.0 Å². The number of thiophene rings is 1. The van der Waals surface area contributed by atoms with Gasteiger partial charge in [-0.1, -0.05) is 23.7 Å². The van der Waals surface area contributed by atoms with Crippen molar-refractivity contribution in [1.29, 1.82) is 0 Å². The van der Waals surface area contributed by atoms with Crippen molar-refractivity contribution >= 4 is 22.9 Å². The van der Waals surface area contributed by atoms with Crippen LogP contribution in [0.3, 0.4) is 0 Å². The molecule has 1 aromatic heterocycles. The van der Waals surface area contributed by atoms with Gasteiger partial charge in [0, 0.05) is 0 Å². The lowest BCUT2D eigenvalue weighted by Crippen LogP contribution is -2.29. The molecule has 2 nitrogen and oxygen atoms in total. The minimum atomic E-state index is -0.398. The van der Waals surface area contributed by atoms with Gasteiger partial charge in [-0.3, -0.25) is 11.3 Å². The minimum absolute atomic E-state index is 0.0550. The third-order valence-electron chi connectivity index (χ3n) is 2.60. The maximum absolute atomic E-state index is 13.3. The molecule has 0 aliphatic carbocycles. The van der Waals surface area contributed by atoms with Crippen LogP contribution in [0, 0.1) is 5.82 Å². The molecular weight excluding hydrogens is 259 g/mol. The summed E-state index contributed by atoms with van der Waals surface area (Å²) < 4.78 is 13.3. The monoisotopic (exact) mass is 270 g/mol. The molecule has 5 heteroatoms. The van der Waals surface area contributed by atoms with E-state index in [0.717, 1.165) is 11.1 Å². The summed E-state index contributed by atoms with van der Waals surface area (Å²) in [6, 6.07) is 6.74. The summed E-state index contributed by atoms with van der Waals surface area (Å²) in [7, 11) is 0. The summed E-state index contributed by atoms with van der Waals surface area (Å²) in [5.41, 5.74) is 4.56. The van der Waals surface area contributed by atoms with Crippen molar-refractivity contribution in [1.82, 2.24) is 5.43 Å². The normalized spacial score (nSPS) is 12.6. The number of hydrazine groups is 1. The van der Waals surface area contributed by atoms with E-state index < -0.39 is 5.82 Å². The van der Waals surface area contributed by atoms with Crippen LogP contribution in [0.5, 0.6) is 0 Å². The lowest BCUT2D eigenvalue weighted by molar-refractivity contribution is 0.550. The Morgan fingerprint density at radius 2 is 2.24 bits per heavy atom. The second kappa shape index (κ2) is 5.60. The zero-order chi connectivity index (χ0) is 12.3. The molecule has 1 atom stereocenters. The Kier molecular flexibility index (Phi) is 4.12. The van der Waals surface area contributed by atoms with E-state index in [1.807, 2.05) is 22.9 Å². The Morgan fingerprint density at radius 3 is 2.88 bits per heavy atom. The molecule has 90 valence electrons. The third-order valence-corrected chi connectivity index (χ3v) is 3.73. The van der Waals surface area contributed by atoms with Gasteiger partial charge in [0.2, 0.25) is 0 Å². The van der Waals surface area contributed by atoms with Crippen LogP contribution in [0.1, 0.15) is 17.2 Å². The summed E-state index contributed by atoms with van der Waals surface area (Å²) in [4.78, 5) is 0. The van der Waals surface area contributed by atoms with Gasteiger partial charge in [-0.2, -0.15) is 11.3 Å². The van der Waals surface area contributed by atoms with Crippen LogP contribution in [-0.4, -0.2) is 0 Å². The summed E-state index contributed by atoms with van der Waals surface area (Å²) in [5.74, 6) is 5.12. The van der Waals surface area contributed by atoms with Crippen molar-refractivity contribution < 1.29 is 4.39 Å². The SMILES string of the molecule is NNC(Cc1cccc(F)c1Cl)c1ccsc1. The maximum Gasteiger partial charge on any atom is 0.142 e. The van der Waals surface area contributed by atoms with Crippen molar-refractivity contribution in [3.8, 4) is 0 Å². The molecule has 0 saturated heterocycles. The second-order valence-corrected chi connectivity index (χ2v) is 4.85. The molecule has 3 N–H and O–H groups in total. The van der Waals surface area contributed by atoms with Crippen LogP contribution in [0.2, 0.25) is 5.02 Å². The number of nitrogens with two attached hydrogens (primary N) is 1. The molecule has 2 rings (SSSR count). The van der Waals surface area contributed by atoms with Gasteiger partial charge in [0.05, 0.1) is 11.1 Å². The molecular formula is C12H12ClFN2S. The number of halogens is 2. The Morgan fingerprint density at radius 1 is 1.41 bits per heavy atom. The largest absolute Gasteiger partial charge is 0.271 e. The molecule has 0 spiro atoms. The minimum Gasteiger partial charge on any atom is -0.271 e. The summed E-state index contributed by atoms with van der Waals surface area (Å²) >= 11 is 7.51. The van der Waals surface area contributed by atoms with E-state index in [-0.39, 0.29) is 11.1 Å². The highest BCUT2D eigenvalue weighted by molar-refractivity contribution is 7.07. The standard InChI is InChI=1S/C12H12ClFN2S/c13-12-8(2-1-3-10(12)14)6-11(16-15)9-4-5-17-7-9/h1-5,7,11,16H,6,15H2. The zero-order valence-electron chi connectivity index (χ0n) is 8.99. The van der Waals surface area contributed by atoms with Crippen molar-refractivity contribution in [3.05, 3.63) is 57.0 Å². The predicted octanol–water partition coefficient (Wildman–Crippen LogP) is 3.29. The van der Waals surface area contributed by atoms with Gasteiger partial charge in [-0.25, -0.2) is 4.39 Å². The molecule has 0 bridgehead atoms. The average molecular weight is 271 g/mol. The van der Waals surface area contributed by atoms with Crippen LogP contribution >= 0.6 is 22.9 Å². The molecule has 0 aliphatic rings. The zero-order valence-corrected chi connectivity index (χ0v) is 10.6. The Bertz CT molecular complexity index is 487. The Labute approximate surface area is 108 Å².